The zero-order valence-electron chi connectivity index (χ0n) is 16.8. The highest BCUT2D eigenvalue weighted by molar-refractivity contribution is 7.46. The molecule has 3 aromatic rings. The molecule has 4 N–H and O–H groups in total. The van der Waals surface area contributed by atoms with Crippen molar-refractivity contribution in [2.24, 2.45) is 0 Å². The van der Waals surface area contributed by atoms with E-state index in [1.165, 1.54) is 12.1 Å². The zero-order valence-corrected chi connectivity index (χ0v) is 17.7. The van der Waals surface area contributed by atoms with E-state index in [9.17, 15) is 31.7 Å². The van der Waals surface area contributed by atoms with Crippen molar-refractivity contribution in [1.29, 1.82) is 0 Å². The zero-order chi connectivity index (χ0) is 25.1. The number of amides is 1. The maximum atomic E-state index is 13.2. The number of hydrogen-bond donors (Lipinski definition) is 4. The third-order valence-corrected chi connectivity index (χ3v) is 4.75. The lowest BCUT2D eigenvalue weighted by atomic mass is 10.1. The van der Waals surface area contributed by atoms with E-state index in [2.05, 4.69) is 14.8 Å². The second kappa shape index (κ2) is 9.77. The van der Waals surface area contributed by atoms with Crippen molar-refractivity contribution in [2.75, 3.05) is 5.32 Å². The quantitative estimate of drug-likeness (QED) is 0.281. The molecule has 1 aromatic heterocycles. The third kappa shape index (κ3) is 6.51. The minimum Gasteiger partial charge on any atom is -0.457 e. The van der Waals surface area contributed by atoms with E-state index in [0.29, 0.717) is 12.1 Å². The van der Waals surface area contributed by atoms with Crippen molar-refractivity contribution in [3.05, 3.63) is 87.6 Å². The van der Waals surface area contributed by atoms with Gasteiger partial charge in [-0.25, -0.2) is 8.96 Å². The summed E-state index contributed by atoms with van der Waals surface area (Å²) in [7, 11) is -4.98. The van der Waals surface area contributed by atoms with Gasteiger partial charge in [-0.15, -0.1) is 0 Å². The third-order valence-electron chi connectivity index (χ3n) is 4.28. The number of anilines is 1. The van der Waals surface area contributed by atoms with Gasteiger partial charge in [-0.3, -0.25) is 14.1 Å². The van der Waals surface area contributed by atoms with Crippen LogP contribution >= 0.6 is 7.82 Å². The summed E-state index contributed by atoms with van der Waals surface area (Å²) in [6.45, 7) is -0.905. The number of ether oxygens (including phenoxy) is 1. The molecule has 180 valence electrons. The Labute approximate surface area is 188 Å². The molecule has 0 aliphatic carbocycles. The van der Waals surface area contributed by atoms with Crippen LogP contribution in [-0.4, -0.2) is 20.7 Å². The molecule has 0 fully saturated rings. The van der Waals surface area contributed by atoms with Gasteiger partial charge < -0.3 is 24.8 Å². The number of phosphoric ester groups is 1. The van der Waals surface area contributed by atoms with E-state index in [1.54, 1.807) is 0 Å². The van der Waals surface area contributed by atoms with E-state index in [1.807, 2.05) is 0 Å². The highest BCUT2D eigenvalue weighted by Crippen LogP contribution is 2.38. The highest BCUT2D eigenvalue weighted by atomic mass is 31.2. The Morgan fingerprint density at radius 3 is 2.38 bits per heavy atom. The maximum absolute atomic E-state index is 13.2. The Balaban J connectivity index is 1.98. The maximum Gasteiger partial charge on any atom is 0.469 e. The van der Waals surface area contributed by atoms with Gasteiger partial charge in [0.15, 0.2) is 0 Å². The Morgan fingerprint density at radius 1 is 1.09 bits per heavy atom. The summed E-state index contributed by atoms with van der Waals surface area (Å²) < 4.78 is 73.6. The topological polar surface area (TPSA) is 138 Å². The molecule has 34 heavy (non-hydrogen) atoms. The van der Waals surface area contributed by atoms with Crippen molar-refractivity contribution >= 4 is 19.4 Å². The number of aromatic amines is 1. The number of rotatable bonds is 7. The molecule has 3 rings (SSSR count). The van der Waals surface area contributed by atoms with Gasteiger partial charge in [0.25, 0.3) is 11.5 Å². The number of carbonyl (C=O) groups excluding carboxylic acids is 1. The van der Waals surface area contributed by atoms with Gasteiger partial charge in [0.2, 0.25) is 0 Å². The van der Waals surface area contributed by atoms with Crippen molar-refractivity contribution in [1.82, 2.24) is 4.98 Å². The Morgan fingerprint density at radius 2 is 1.76 bits per heavy atom. The minimum absolute atomic E-state index is 0.0297. The molecule has 0 spiro atoms. The number of benzene rings is 2. The largest absolute Gasteiger partial charge is 0.469 e. The smallest absolute Gasteiger partial charge is 0.457 e. The normalized spacial score (nSPS) is 11.8. The Bertz CT molecular complexity index is 1300. The summed E-state index contributed by atoms with van der Waals surface area (Å²) >= 11 is 0. The lowest BCUT2D eigenvalue weighted by Crippen LogP contribution is -2.21. The van der Waals surface area contributed by atoms with Crippen molar-refractivity contribution < 1.29 is 46.0 Å². The molecule has 0 saturated heterocycles. The lowest BCUT2D eigenvalue weighted by molar-refractivity contribution is -0.137. The molecule has 0 atom stereocenters. The summed E-state index contributed by atoms with van der Waals surface area (Å²) in [5.41, 5.74) is -3.28. The molecule has 1 heterocycles. The summed E-state index contributed by atoms with van der Waals surface area (Å²) in [6, 6.07) is 7.73. The van der Waals surface area contributed by atoms with E-state index in [4.69, 9.17) is 14.5 Å². The standard InChI is InChI=1S/C20H15F4N2O7P/c21-12-2-4-13(5-3-12)33-17-6-1-11(20(22,23)24)9-14(17)19(28)26-16-7-8-25-18(27)15(16)10-32-34(29,30)31/h1-9H,10H2,(H2,29,30,31)(H2,25,26,27,28). The first-order valence-corrected chi connectivity index (χ1v) is 10.7. The molecular formula is C20H15F4N2O7P. The van der Waals surface area contributed by atoms with Crippen LogP contribution in [0.4, 0.5) is 23.2 Å². The molecule has 0 radical (unpaired) electrons. The molecule has 0 bridgehead atoms. The molecular weight excluding hydrogens is 487 g/mol. The van der Waals surface area contributed by atoms with Crippen LogP contribution in [0.2, 0.25) is 0 Å². The average Bonchev–Trinajstić information content (AvgIpc) is 2.73. The summed E-state index contributed by atoms with van der Waals surface area (Å²) in [6.07, 6.45) is -3.70. The van der Waals surface area contributed by atoms with Crippen LogP contribution in [0.15, 0.2) is 59.5 Å². The second-order valence-corrected chi connectivity index (χ2v) is 7.92. The fourth-order valence-corrected chi connectivity index (χ4v) is 3.01. The van der Waals surface area contributed by atoms with Crippen LogP contribution in [0.3, 0.4) is 0 Å². The predicted octanol–water partition coefficient (Wildman–Crippen LogP) is 4.19. The van der Waals surface area contributed by atoms with E-state index in [-0.39, 0.29) is 17.2 Å². The SMILES string of the molecule is O=C(Nc1cc[nH]c(=O)c1COP(=O)(O)O)c1cc(C(F)(F)F)ccc1Oc1ccc(F)cc1. The first-order valence-electron chi connectivity index (χ1n) is 9.20. The molecule has 2 aromatic carbocycles. The van der Waals surface area contributed by atoms with Crippen LogP contribution in [0.1, 0.15) is 21.5 Å². The van der Waals surface area contributed by atoms with Gasteiger partial charge in [0, 0.05) is 6.20 Å². The van der Waals surface area contributed by atoms with Crippen LogP contribution in [0.5, 0.6) is 11.5 Å². The van der Waals surface area contributed by atoms with Crippen molar-refractivity contribution in [3.63, 3.8) is 0 Å². The number of H-pyrrole nitrogens is 1. The molecule has 9 nitrogen and oxygen atoms in total. The van der Waals surface area contributed by atoms with Crippen LogP contribution in [0.25, 0.3) is 0 Å². The lowest BCUT2D eigenvalue weighted by Gasteiger charge is -2.15. The van der Waals surface area contributed by atoms with Gasteiger partial charge in [0.05, 0.1) is 29.0 Å². The van der Waals surface area contributed by atoms with E-state index < -0.39 is 54.6 Å². The average molecular weight is 502 g/mol. The molecule has 14 heteroatoms. The van der Waals surface area contributed by atoms with Gasteiger partial charge in [-0.2, -0.15) is 13.2 Å². The number of pyridine rings is 1. The monoisotopic (exact) mass is 502 g/mol. The number of carbonyl (C=O) groups is 1. The van der Waals surface area contributed by atoms with Crippen molar-refractivity contribution in [2.45, 2.75) is 12.8 Å². The number of nitrogens with one attached hydrogen (secondary N) is 2. The first-order chi connectivity index (χ1) is 15.8. The number of hydrogen-bond acceptors (Lipinski definition) is 5. The molecule has 0 aliphatic heterocycles. The van der Waals surface area contributed by atoms with Crippen LogP contribution < -0.4 is 15.6 Å². The van der Waals surface area contributed by atoms with Crippen LogP contribution in [0, 0.1) is 5.82 Å². The number of phosphoric acid groups is 1. The molecule has 0 aliphatic rings. The molecule has 0 unspecified atom stereocenters. The number of aromatic nitrogens is 1. The summed E-state index contributed by atoms with van der Waals surface area (Å²) in [5.74, 6) is -2.00. The van der Waals surface area contributed by atoms with Crippen LogP contribution in [-0.2, 0) is 21.9 Å². The summed E-state index contributed by atoms with van der Waals surface area (Å²) in [5, 5.41) is 2.22. The molecule has 1 amide bonds. The van der Waals surface area contributed by atoms with Gasteiger partial charge >= 0.3 is 14.0 Å². The number of alkyl halides is 3. The minimum atomic E-state index is -4.98. The number of halogens is 4. The Hall–Kier alpha value is -3.51. The second-order valence-electron chi connectivity index (χ2n) is 6.68. The highest BCUT2D eigenvalue weighted by Gasteiger charge is 2.32. The van der Waals surface area contributed by atoms with Gasteiger partial charge in [-0.05, 0) is 48.5 Å². The van der Waals surface area contributed by atoms with Gasteiger partial charge in [-0.1, -0.05) is 0 Å². The van der Waals surface area contributed by atoms with Gasteiger partial charge in [0.1, 0.15) is 17.3 Å². The fraction of sp³-hybridized carbons (Fsp3) is 0.100. The first kappa shape index (κ1) is 25.1. The fourth-order valence-electron chi connectivity index (χ4n) is 2.71. The van der Waals surface area contributed by atoms with E-state index in [0.717, 1.165) is 30.5 Å². The van der Waals surface area contributed by atoms with E-state index >= 15 is 0 Å². The Kier molecular flexibility index (Phi) is 7.22. The molecule has 0 saturated carbocycles. The predicted molar refractivity (Wildman–Crippen MR) is 110 cm³/mol. The van der Waals surface area contributed by atoms with Crippen molar-refractivity contribution in [3.8, 4) is 11.5 Å². The summed E-state index contributed by atoms with van der Waals surface area (Å²) in [4.78, 5) is 44.9.